The van der Waals surface area contributed by atoms with Crippen LogP contribution in [0.4, 0.5) is 28.4 Å². The molecule has 15 heteroatoms. The van der Waals surface area contributed by atoms with Gasteiger partial charge in [-0.15, -0.1) is 0 Å². The second kappa shape index (κ2) is 37.0. The first-order chi connectivity index (χ1) is 74.1. The van der Waals surface area contributed by atoms with Crippen LogP contribution in [0.2, 0.25) is 0 Å². The molecule has 0 aliphatic carbocycles. The van der Waals surface area contributed by atoms with E-state index in [1.165, 1.54) is 21.5 Å². The van der Waals surface area contributed by atoms with E-state index in [0.717, 1.165) is 210 Å². The summed E-state index contributed by atoms with van der Waals surface area (Å²) in [6, 6.07) is 162. The summed E-state index contributed by atoms with van der Waals surface area (Å²) in [5.74, 6) is 0. The highest BCUT2D eigenvalue weighted by atomic mass is 15.0. The predicted molar refractivity (Wildman–Crippen MR) is 608 cm³/mol. The summed E-state index contributed by atoms with van der Waals surface area (Å²) in [4.78, 5) is 19.6. The molecule has 0 amide bonds. The Hall–Kier alpha value is -22.2. The van der Waals surface area contributed by atoms with E-state index in [-0.39, 0.29) is 0 Å². The lowest BCUT2D eigenvalue weighted by atomic mass is 9.92. The molecule has 15 nitrogen and oxygen atoms in total. The summed E-state index contributed by atoms with van der Waals surface area (Å²) >= 11 is 0. The summed E-state index contributed by atoms with van der Waals surface area (Å²) in [5.41, 5.74) is 34.5. The molecule has 0 bridgehead atoms. The molecule has 6 aromatic heterocycles. The summed E-state index contributed by atoms with van der Waals surface area (Å²) < 4.78 is 13.3. The van der Waals surface area contributed by atoms with Crippen LogP contribution >= 0.6 is 0 Å². The van der Waals surface area contributed by atoms with E-state index in [9.17, 15) is 21.0 Å². The fourth-order valence-corrected chi connectivity index (χ4v) is 22.4. The van der Waals surface area contributed by atoms with Gasteiger partial charge >= 0.3 is 0 Å². The van der Waals surface area contributed by atoms with Gasteiger partial charge in [0.2, 0.25) is 5.69 Å². The van der Waals surface area contributed by atoms with Gasteiger partial charge in [0.05, 0.1) is 157 Å². The number of aromatic nitrogens is 6. The first kappa shape index (κ1) is 89.2. The van der Waals surface area contributed by atoms with Crippen molar-refractivity contribution in [1.82, 2.24) is 27.4 Å². The van der Waals surface area contributed by atoms with E-state index in [1.807, 2.05) is 188 Å². The highest BCUT2D eigenvalue weighted by Crippen LogP contribution is 2.51. The molecular weight excluding hydrogens is 1830 g/mol. The minimum absolute atomic E-state index is 0.551. The third-order valence-electron chi connectivity index (χ3n) is 28.8. The zero-order valence-corrected chi connectivity index (χ0v) is 80.0. The highest BCUT2D eigenvalue weighted by Gasteiger charge is 2.28. The van der Waals surface area contributed by atoms with Crippen LogP contribution in [0, 0.1) is 78.2 Å². The predicted octanol–water partition coefficient (Wildman–Crippen LogP) is 35.9. The van der Waals surface area contributed by atoms with E-state index < -0.39 is 0 Å². The summed E-state index contributed by atoms with van der Waals surface area (Å²) in [5, 5.41) is 51.5. The first-order valence-electron chi connectivity index (χ1n) is 48.7. The molecule has 0 radical (unpaired) electrons. The summed E-state index contributed by atoms with van der Waals surface area (Å²) in [7, 11) is 0. The molecule has 0 fully saturated rings. The number of fused-ring (bicyclic) bond motifs is 18. The number of benzene rings is 21. The standard InChI is InChI=1S/3C45H25N5/c1-47-38-16-9-14-32(44(38)36-13-5-8-20-42(36)50-40-18-6-3-11-33(40)34-12-4-7-19-41(34)50)30-22-24-31(25-23-30)49-43-26-21-29(28-46)27-37(43)35-15-10-17-39(48-2)45(35)49;1-47-31-21-24-36-38-26-29(28-46)18-25-43(38)49(44(36)27-31)32-22-19-30(20-23-32)33-13-9-14-39(48-2)45(33)37-12-5-8-17-42(37)50-40-15-6-3-10-34(40)35-11-4-7-16-41(35)50;1-48-38-15-9-14-33(30-21-23-32(24-22-30)49-39-16-5-2-11-34(39)37-26-29(27-46)20-25-42(37)49)45(38)36-13-4-7-18-41(36)50-40-17-6-3-12-35(40)44-31(28-47)10-8-19-43(44)50/h2*3-27H;2-26H. The molecule has 0 aliphatic heterocycles. The molecule has 0 spiro atoms. The van der Waals surface area contributed by atoms with Crippen LogP contribution < -0.4 is 0 Å². The third kappa shape index (κ3) is 14.6. The van der Waals surface area contributed by atoms with Crippen LogP contribution in [-0.4, -0.2) is 27.4 Å². The number of rotatable bonds is 12. The van der Waals surface area contributed by atoms with Gasteiger partial charge in [-0.2, -0.15) is 21.0 Å². The molecule has 0 saturated heterocycles. The SMILES string of the molecule is [C-]#[N+]c1ccc2c3cc(C#N)ccc3n(-c3ccc(-c4cccc([N+]#[C-])c4-c4ccccc4-n4c5ccccc5c5ccccc54)cc3)c2c1.[C-]#[N+]c1cccc(-c2ccc(-n3c4ccc(C#N)cc4c4cccc([N+]#[C-])c43)cc2)c1-c1ccccc1-n1c2ccccc2c2ccccc21.[C-]#[N+]c1cccc(-c2ccc(-n3c4ccccc4c4cc(C#N)ccc43)cc2)c1-c1ccccc1-n1c2ccccc2c2c(C#N)cccc21. The van der Waals surface area contributed by atoms with E-state index >= 15 is 0 Å². The van der Waals surface area contributed by atoms with Gasteiger partial charge < -0.3 is 27.4 Å². The number of hydrogen-bond acceptors (Lipinski definition) is 4. The quantitative estimate of drug-likeness (QED) is 0.112. The van der Waals surface area contributed by atoms with Crippen LogP contribution in [0.15, 0.2) is 455 Å². The van der Waals surface area contributed by atoms with E-state index in [0.29, 0.717) is 50.7 Å². The third-order valence-corrected chi connectivity index (χ3v) is 28.8. The average molecular weight is 1910 g/mol. The van der Waals surface area contributed by atoms with E-state index in [4.69, 9.17) is 32.9 Å². The van der Waals surface area contributed by atoms with Crippen molar-refractivity contribution in [2.75, 3.05) is 0 Å². The van der Waals surface area contributed by atoms with Crippen LogP contribution in [-0.2, 0) is 0 Å². The fourth-order valence-electron chi connectivity index (χ4n) is 22.4. The molecule has 150 heavy (non-hydrogen) atoms. The molecule has 27 rings (SSSR count). The molecular formula is C135H75N15. The Balaban J connectivity index is 0.000000116. The zero-order chi connectivity index (χ0) is 101. The lowest BCUT2D eigenvalue weighted by molar-refractivity contribution is 1.18. The maximum atomic E-state index is 10.0. The van der Waals surface area contributed by atoms with Crippen LogP contribution in [0.1, 0.15) is 22.3 Å². The van der Waals surface area contributed by atoms with Crippen LogP contribution in [0.3, 0.4) is 0 Å². The van der Waals surface area contributed by atoms with Gasteiger partial charge in [0, 0.05) is 81.8 Å². The second-order valence-corrected chi connectivity index (χ2v) is 36.7. The topological polar surface area (TPSA) is 147 Å². The number of para-hydroxylation sites is 10. The van der Waals surface area contributed by atoms with Crippen molar-refractivity contribution in [3.05, 3.63) is 534 Å². The molecule has 27 aromatic rings. The van der Waals surface area contributed by atoms with E-state index in [2.05, 4.69) is 343 Å². The van der Waals surface area contributed by atoms with Gasteiger partial charge in [-0.05, 0) is 236 Å². The summed E-state index contributed by atoms with van der Waals surface area (Å²) in [6.07, 6.45) is 0. The largest absolute Gasteiger partial charge is 0.319 e. The Kier molecular flexibility index (Phi) is 22.0. The van der Waals surface area contributed by atoms with Gasteiger partial charge in [0.25, 0.3) is 0 Å². The normalized spacial score (nSPS) is 11.1. The molecule has 6 heterocycles. The van der Waals surface area contributed by atoms with Gasteiger partial charge in [0.1, 0.15) is 0 Å². The number of nitrogens with zero attached hydrogens (tertiary/aromatic N) is 15. The van der Waals surface area contributed by atoms with Gasteiger partial charge in [-0.1, -0.05) is 291 Å². The van der Waals surface area contributed by atoms with Crippen molar-refractivity contribution in [3.63, 3.8) is 0 Å². The van der Waals surface area contributed by atoms with Gasteiger partial charge in [0.15, 0.2) is 22.7 Å². The van der Waals surface area contributed by atoms with Crippen LogP contribution in [0.25, 0.3) is 256 Å². The molecule has 690 valence electrons. The van der Waals surface area contributed by atoms with Crippen molar-refractivity contribution in [3.8, 4) is 125 Å². The maximum Gasteiger partial charge on any atom is 0.211 e. The van der Waals surface area contributed by atoms with Crippen LogP contribution in [0.5, 0.6) is 0 Å². The van der Waals surface area contributed by atoms with Crippen molar-refractivity contribution < 1.29 is 0 Å². The number of hydrogen-bond donors (Lipinski definition) is 0. The van der Waals surface area contributed by atoms with Crippen molar-refractivity contribution in [2.24, 2.45) is 0 Å². The molecule has 21 aromatic carbocycles. The second-order valence-electron chi connectivity index (χ2n) is 36.7. The number of nitriles is 4. The van der Waals surface area contributed by atoms with Gasteiger partial charge in [-0.3, -0.25) is 0 Å². The Bertz CT molecular complexity index is 10700. The molecule has 0 unspecified atom stereocenters. The van der Waals surface area contributed by atoms with Crippen molar-refractivity contribution in [2.45, 2.75) is 0 Å². The maximum absolute atomic E-state index is 10.0. The highest BCUT2D eigenvalue weighted by molar-refractivity contribution is 6.18. The molecule has 0 N–H and O–H groups in total. The summed E-state index contributed by atoms with van der Waals surface area (Å²) in [6.45, 7) is 40.2. The molecule has 0 saturated carbocycles. The lowest BCUT2D eigenvalue weighted by Crippen LogP contribution is -1.98. The lowest BCUT2D eigenvalue weighted by Gasteiger charge is -2.18. The Labute approximate surface area is 861 Å². The monoisotopic (exact) mass is 1910 g/mol. The molecule has 0 aliphatic rings. The van der Waals surface area contributed by atoms with Crippen molar-refractivity contribution in [1.29, 1.82) is 21.0 Å². The zero-order valence-electron chi connectivity index (χ0n) is 80.0. The Morgan fingerprint density at radius 2 is 0.473 bits per heavy atom. The van der Waals surface area contributed by atoms with Gasteiger partial charge in [-0.25, -0.2) is 24.2 Å². The minimum Gasteiger partial charge on any atom is -0.319 e. The van der Waals surface area contributed by atoms with E-state index in [1.54, 1.807) is 0 Å². The Morgan fingerprint density at radius 1 is 0.187 bits per heavy atom. The Morgan fingerprint density at radius 3 is 0.867 bits per heavy atom. The average Bonchev–Trinajstić information content (AvgIpc) is 1.61. The first-order valence-corrected chi connectivity index (χ1v) is 48.7. The minimum atomic E-state index is 0.551. The molecule has 0 atom stereocenters. The smallest absolute Gasteiger partial charge is 0.211 e. The fraction of sp³-hybridized carbons (Fsp3) is 0. The van der Waals surface area contributed by atoms with Crippen molar-refractivity contribution >= 4 is 159 Å².